The molecular formula is C24H28Cl3N5O3S. The standard InChI is InChI=1S/C24H25N5O3S.3ClH/c1-16-22(14-27-28-16)17-3-8-23-21(13-17)24(26-15-25-23)29-11-9-19(10-12-29)32-18-4-6-20(7-5-18)33(2,30)31;;;/h3-8,13-15,19H,9-12H2,1-2H3,(H,27,28);3*1H. The fourth-order valence-electron chi connectivity index (χ4n) is 4.26. The first kappa shape index (κ1) is 29.6. The maximum absolute atomic E-state index is 11.6. The number of ether oxygens (including phenoxy) is 1. The van der Waals surface area contributed by atoms with E-state index >= 15 is 0 Å². The molecule has 1 saturated heterocycles. The number of aromatic nitrogens is 4. The highest BCUT2D eigenvalue weighted by molar-refractivity contribution is 7.90. The lowest BCUT2D eigenvalue weighted by atomic mass is 10.0. The number of anilines is 1. The number of fused-ring (bicyclic) bond motifs is 1. The van der Waals surface area contributed by atoms with E-state index < -0.39 is 9.84 Å². The summed E-state index contributed by atoms with van der Waals surface area (Å²) in [6, 6.07) is 12.8. The number of aromatic amines is 1. The van der Waals surface area contributed by atoms with Crippen LogP contribution in [-0.2, 0) is 9.84 Å². The Morgan fingerprint density at radius 1 is 1.00 bits per heavy atom. The van der Waals surface area contributed by atoms with Gasteiger partial charge in [-0.05, 0) is 48.9 Å². The van der Waals surface area contributed by atoms with Crippen LogP contribution < -0.4 is 9.64 Å². The summed E-state index contributed by atoms with van der Waals surface area (Å²) >= 11 is 0. The Labute approximate surface area is 229 Å². The predicted octanol–water partition coefficient (Wildman–Crippen LogP) is 5.05. The second kappa shape index (κ2) is 12.1. The van der Waals surface area contributed by atoms with Crippen molar-refractivity contribution in [3.8, 4) is 16.9 Å². The number of nitrogens with zero attached hydrogens (tertiary/aromatic N) is 4. The molecule has 3 heterocycles. The van der Waals surface area contributed by atoms with Gasteiger partial charge in [0.1, 0.15) is 24.0 Å². The third-order valence-corrected chi connectivity index (χ3v) is 7.18. The first-order valence-corrected chi connectivity index (χ1v) is 12.7. The van der Waals surface area contributed by atoms with Gasteiger partial charge in [0.2, 0.25) is 0 Å². The van der Waals surface area contributed by atoms with Crippen LogP contribution in [0.5, 0.6) is 5.75 Å². The van der Waals surface area contributed by atoms with Crippen molar-refractivity contribution >= 4 is 63.8 Å². The SMILES string of the molecule is Cc1n[nH]cc1-c1ccc2ncnc(N3CCC(Oc4ccc(S(C)(=O)=O)cc4)CC3)c2c1.Cl.Cl.Cl. The molecule has 1 aliphatic rings. The highest BCUT2D eigenvalue weighted by atomic mass is 35.5. The maximum atomic E-state index is 11.6. The van der Waals surface area contributed by atoms with Crippen molar-refractivity contribution < 1.29 is 13.2 Å². The van der Waals surface area contributed by atoms with Crippen molar-refractivity contribution in [1.29, 1.82) is 0 Å². The Balaban J connectivity index is 0.00000152. The molecule has 8 nitrogen and oxygen atoms in total. The minimum atomic E-state index is -3.21. The largest absolute Gasteiger partial charge is 0.490 e. The zero-order valence-electron chi connectivity index (χ0n) is 19.7. The van der Waals surface area contributed by atoms with E-state index in [0.717, 1.165) is 59.5 Å². The van der Waals surface area contributed by atoms with Crippen LogP contribution in [0.3, 0.4) is 0 Å². The van der Waals surface area contributed by atoms with Gasteiger partial charge in [0.25, 0.3) is 0 Å². The summed E-state index contributed by atoms with van der Waals surface area (Å²) in [5.41, 5.74) is 4.02. The smallest absolute Gasteiger partial charge is 0.175 e. The molecular weight excluding hydrogens is 545 g/mol. The van der Waals surface area contributed by atoms with Crippen LogP contribution >= 0.6 is 37.2 Å². The Bertz CT molecular complexity index is 1410. The number of halogens is 3. The van der Waals surface area contributed by atoms with E-state index in [1.807, 2.05) is 19.2 Å². The Morgan fingerprint density at radius 2 is 1.69 bits per heavy atom. The molecule has 5 rings (SSSR count). The predicted molar refractivity (Wildman–Crippen MR) is 149 cm³/mol. The van der Waals surface area contributed by atoms with Crippen molar-refractivity contribution in [3.63, 3.8) is 0 Å². The number of benzene rings is 2. The van der Waals surface area contributed by atoms with Gasteiger partial charge in [-0.2, -0.15) is 5.10 Å². The molecule has 2 aromatic carbocycles. The molecule has 0 unspecified atom stereocenters. The highest BCUT2D eigenvalue weighted by Gasteiger charge is 2.23. The van der Waals surface area contributed by atoms with E-state index in [9.17, 15) is 8.42 Å². The van der Waals surface area contributed by atoms with E-state index in [2.05, 4.69) is 37.2 Å². The summed E-state index contributed by atoms with van der Waals surface area (Å²) in [5.74, 6) is 1.62. The Kier molecular flexibility index (Phi) is 9.96. The van der Waals surface area contributed by atoms with E-state index in [1.165, 1.54) is 6.26 Å². The summed E-state index contributed by atoms with van der Waals surface area (Å²) in [6.07, 6.45) is 6.49. The third kappa shape index (κ3) is 6.21. The molecule has 36 heavy (non-hydrogen) atoms. The first-order chi connectivity index (χ1) is 15.9. The van der Waals surface area contributed by atoms with Gasteiger partial charge in [0, 0.05) is 49.3 Å². The average Bonchev–Trinajstić information content (AvgIpc) is 3.24. The van der Waals surface area contributed by atoms with Crippen LogP contribution in [0.2, 0.25) is 0 Å². The molecule has 12 heteroatoms. The molecule has 0 radical (unpaired) electrons. The molecule has 0 spiro atoms. The van der Waals surface area contributed by atoms with Crippen LogP contribution in [0.4, 0.5) is 5.82 Å². The van der Waals surface area contributed by atoms with Crippen LogP contribution in [0.15, 0.2) is 59.9 Å². The summed E-state index contributed by atoms with van der Waals surface area (Å²) in [5, 5.41) is 8.18. The number of H-pyrrole nitrogens is 1. The molecule has 1 N–H and O–H groups in total. The lowest BCUT2D eigenvalue weighted by Gasteiger charge is -2.33. The van der Waals surface area contributed by atoms with Gasteiger partial charge >= 0.3 is 0 Å². The van der Waals surface area contributed by atoms with Crippen molar-refractivity contribution in [2.75, 3.05) is 24.2 Å². The number of hydrogen-bond donors (Lipinski definition) is 1. The molecule has 1 fully saturated rings. The second-order valence-electron chi connectivity index (χ2n) is 8.36. The van der Waals surface area contributed by atoms with Gasteiger partial charge in [-0.25, -0.2) is 18.4 Å². The van der Waals surface area contributed by atoms with Gasteiger partial charge in [-0.1, -0.05) is 6.07 Å². The fourth-order valence-corrected chi connectivity index (χ4v) is 4.89. The van der Waals surface area contributed by atoms with Crippen LogP contribution in [0.1, 0.15) is 18.5 Å². The van der Waals surface area contributed by atoms with Gasteiger partial charge < -0.3 is 9.64 Å². The first-order valence-electron chi connectivity index (χ1n) is 10.9. The molecule has 2 aromatic heterocycles. The van der Waals surface area contributed by atoms with Crippen LogP contribution in [0.25, 0.3) is 22.0 Å². The zero-order chi connectivity index (χ0) is 23.0. The van der Waals surface area contributed by atoms with E-state index in [0.29, 0.717) is 10.6 Å². The molecule has 0 amide bonds. The third-order valence-electron chi connectivity index (χ3n) is 6.05. The minimum Gasteiger partial charge on any atom is -0.490 e. The summed E-state index contributed by atoms with van der Waals surface area (Å²) in [6.45, 7) is 3.61. The second-order valence-corrected chi connectivity index (χ2v) is 10.4. The monoisotopic (exact) mass is 571 g/mol. The lowest BCUT2D eigenvalue weighted by Crippen LogP contribution is -2.38. The number of hydrogen-bond acceptors (Lipinski definition) is 7. The molecule has 0 saturated carbocycles. The fraction of sp³-hybridized carbons (Fsp3) is 0.292. The summed E-state index contributed by atoms with van der Waals surface area (Å²) in [4.78, 5) is 11.6. The number of nitrogens with one attached hydrogen (secondary N) is 1. The number of piperidine rings is 1. The number of rotatable bonds is 5. The van der Waals surface area contributed by atoms with E-state index in [1.54, 1.807) is 30.6 Å². The number of aryl methyl sites for hydroxylation is 1. The summed E-state index contributed by atoms with van der Waals surface area (Å²) < 4.78 is 29.4. The maximum Gasteiger partial charge on any atom is 0.175 e. The van der Waals surface area contributed by atoms with Crippen LogP contribution in [-0.4, -0.2) is 54.0 Å². The molecule has 0 aliphatic carbocycles. The average molecular weight is 573 g/mol. The molecule has 1 aliphatic heterocycles. The van der Waals surface area contributed by atoms with Gasteiger partial charge in [0.05, 0.1) is 16.1 Å². The van der Waals surface area contributed by atoms with Crippen molar-refractivity contribution in [1.82, 2.24) is 20.2 Å². The van der Waals surface area contributed by atoms with Crippen molar-refractivity contribution in [2.45, 2.75) is 30.8 Å². The van der Waals surface area contributed by atoms with E-state index in [4.69, 9.17) is 4.74 Å². The molecule has 0 atom stereocenters. The van der Waals surface area contributed by atoms with Crippen LogP contribution in [0, 0.1) is 6.92 Å². The van der Waals surface area contributed by atoms with Crippen molar-refractivity contribution in [2.24, 2.45) is 0 Å². The number of sulfone groups is 1. The molecule has 194 valence electrons. The summed E-state index contributed by atoms with van der Waals surface area (Å²) in [7, 11) is -3.21. The van der Waals surface area contributed by atoms with Gasteiger partial charge in [-0.3, -0.25) is 5.10 Å². The van der Waals surface area contributed by atoms with Crippen molar-refractivity contribution in [3.05, 3.63) is 60.7 Å². The quantitative estimate of drug-likeness (QED) is 0.357. The Hall–Kier alpha value is -2.59. The minimum absolute atomic E-state index is 0. The lowest BCUT2D eigenvalue weighted by molar-refractivity contribution is 0.170. The highest BCUT2D eigenvalue weighted by Crippen LogP contribution is 2.31. The normalized spacial score (nSPS) is 13.9. The Morgan fingerprint density at radius 3 is 2.31 bits per heavy atom. The van der Waals surface area contributed by atoms with E-state index in [-0.39, 0.29) is 43.3 Å². The van der Waals surface area contributed by atoms with Gasteiger partial charge in [0.15, 0.2) is 9.84 Å². The molecule has 4 aromatic rings. The molecule has 0 bridgehead atoms. The topological polar surface area (TPSA) is 101 Å². The van der Waals surface area contributed by atoms with Gasteiger partial charge in [-0.15, -0.1) is 37.2 Å². The zero-order valence-corrected chi connectivity index (χ0v) is 23.0.